The molecule has 1 aliphatic rings. The van der Waals surface area contributed by atoms with E-state index in [1.807, 2.05) is 6.92 Å². The average molecular weight is 380 g/mol. The van der Waals surface area contributed by atoms with Gasteiger partial charge < -0.3 is 5.32 Å². The number of sulfonamides is 1. The van der Waals surface area contributed by atoms with Gasteiger partial charge >= 0.3 is 0 Å². The van der Waals surface area contributed by atoms with Crippen LogP contribution in [0.3, 0.4) is 0 Å². The van der Waals surface area contributed by atoms with Gasteiger partial charge in [0, 0.05) is 13.1 Å². The first-order chi connectivity index (χ1) is 11.9. The lowest BCUT2D eigenvalue weighted by atomic mass is 10.2. The lowest BCUT2D eigenvalue weighted by molar-refractivity contribution is 0.102. The summed E-state index contributed by atoms with van der Waals surface area (Å²) in [6, 6.07) is 5.02. The van der Waals surface area contributed by atoms with Gasteiger partial charge in [-0.05, 0) is 55.9 Å². The molecule has 0 spiro atoms. The van der Waals surface area contributed by atoms with Crippen LogP contribution in [0.25, 0.3) is 0 Å². The number of aromatic nitrogens is 2. The van der Waals surface area contributed by atoms with Crippen molar-refractivity contribution in [2.24, 2.45) is 0 Å². The van der Waals surface area contributed by atoms with Crippen LogP contribution in [0.5, 0.6) is 0 Å². The molecular formula is C16H20N4O3S2. The van der Waals surface area contributed by atoms with Gasteiger partial charge in [-0.3, -0.25) is 4.79 Å². The Morgan fingerprint density at radius 3 is 2.56 bits per heavy atom. The zero-order valence-corrected chi connectivity index (χ0v) is 15.8. The summed E-state index contributed by atoms with van der Waals surface area (Å²) >= 11 is 0.988. The molecule has 1 aliphatic heterocycles. The number of rotatable bonds is 4. The second-order valence-corrected chi connectivity index (χ2v) is 8.77. The van der Waals surface area contributed by atoms with E-state index in [0.717, 1.165) is 36.4 Å². The van der Waals surface area contributed by atoms with Crippen LogP contribution in [0.1, 0.15) is 40.2 Å². The predicted octanol–water partition coefficient (Wildman–Crippen LogP) is 2.58. The Morgan fingerprint density at radius 1 is 1.20 bits per heavy atom. The smallest absolute Gasteiger partial charge is 0.269 e. The number of hydrogen-bond donors (Lipinski definition) is 1. The van der Waals surface area contributed by atoms with E-state index in [0.29, 0.717) is 23.7 Å². The molecule has 0 saturated carbocycles. The van der Waals surface area contributed by atoms with E-state index in [1.165, 1.54) is 4.31 Å². The second kappa shape index (κ2) is 7.19. The lowest BCUT2D eigenvalue weighted by Gasteiger charge is -2.27. The van der Waals surface area contributed by atoms with E-state index >= 15 is 0 Å². The van der Waals surface area contributed by atoms with Crippen LogP contribution in [0, 0.1) is 13.8 Å². The van der Waals surface area contributed by atoms with Crippen molar-refractivity contribution in [3.8, 4) is 0 Å². The highest BCUT2D eigenvalue weighted by molar-refractivity contribution is 7.89. The minimum absolute atomic E-state index is 0.137. The predicted molar refractivity (Wildman–Crippen MR) is 96.4 cm³/mol. The van der Waals surface area contributed by atoms with E-state index in [1.54, 1.807) is 25.1 Å². The minimum atomic E-state index is -3.65. The third kappa shape index (κ3) is 3.73. The molecule has 25 heavy (non-hydrogen) atoms. The molecule has 0 radical (unpaired) electrons. The fourth-order valence-corrected chi connectivity index (χ4v) is 5.11. The molecule has 1 amide bonds. The van der Waals surface area contributed by atoms with Gasteiger partial charge in [-0.1, -0.05) is 17.0 Å². The van der Waals surface area contributed by atoms with Crippen LogP contribution in [0.15, 0.2) is 23.1 Å². The summed E-state index contributed by atoms with van der Waals surface area (Å²) in [5.74, 6) is -0.397. The van der Waals surface area contributed by atoms with Crippen LogP contribution < -0.4 is 5.32 Å². The normalized spacial score (nSPS) is 15.9. The number of carbonyl (C=O) groups is 1. The van der Waals surface area contributed by atoms with Crippen LogP contribution >= 0.6 is 11.5 Å². The van der Waals surface area contributed by atoms with E-state index in [9.17, 15) is 13.2 Å². The van der Waals surface area contributed by atoms with Crippen molar-refractivity contribution in [1.29, 1.82) is 0 Å². The highest BCUT2D eigenvalue weighted by atomic mass is 32.2. The van der Waals surface area contributed by atoms with Crippen LogP contribution in [-0.2, 0) is 10.0 Å². The molecule has 1 saturated heterocycles. The number of hydrogen-bond acceptors (Lipinski definition) is 6. The van der Waals surface area contributed by atoms with E-state index in [2.05, 4.69) is 14.9 Å². The zero-order chi connectivity index (χ0) is 18.0. The molecule has 1 N–H and O–H groups in total. The highest BCUT2D eigenvalue weighted by Gasteiger charge is 2.29. The Morgan fingerprint density at radius 2 is 1.92 bits per heavy atom. The Kier molecular flexibility index (Phi) is 5.16. The maximum atomic E-state index is 13.0. The van der Waals surface area contributed by atoms with Crippen molar-refractivity contribution in [3.05, 3.63) is 34.3 Å². The first-order valence-corrected chi connectivity index (χ1v) is 10.3. The number of carbonyl (C=O) groups excluding carboxylic acids is 1. The van der Waals surface area contributed by atoms with Gasteiger partial charge in [-0.2, -0.15) is 4.31 Å². The molecule has 3 rings (SSSR count). The summed E-state index contributed by atoms with van der Waals surface area (Å²) < 4.78 is 31.3. The number of nitrogens with one attached hydrogen (secondary N) is 1. The molecule has 0 bridgehead atoms. The molecule has 0 aliphatic carbocycles. The van der Waals surface area contributed by atoms with Gasteiger partial charge in [0.25, 0.3) is 5.91 Å². The number of benzene rings is 1. The minimum Gasteiger partial charge on any atom is -0.320 e. The second-order valence-electron chi connectivity index (χ2n) is 6.11. The third-order valence-electron chi connectivity index (χ3n) is 4.18. The van der Waals surface area contributed by atoms with Crippen molar-refractivity contribution >= 4 is 33.2 Å². The van der Waals surface area contributed by atoms with Gasteiger partial charge in [0.05, 0.1) is 11.4 Å². The molecule has 1 aromatic heterocycles. The van der Waals surface area contributed by atoms with Crippen molar-refractivity contribution in [3.63, 3.8) is 0 Å². The Bertz CT molecular complexity index is 887. The number of anilines is 1. The van der Waals surface area contributed by atoms with Crippen LogP contribution in [0.2, 0.25) is 0 Å². The van der Waals surface area contributed by atoms with Crippen molar-refractivity contribution in [2.75, 3.05) is 18.4 Å². The first-order valence-electron chi connectivity index (χ1n) is 8.10. The molecular weight excluding hydrogens is 360 g/mol. The van der Waals surface area contributed by atoms with Gasteiger partial charge in [0.15, 0.2) is 0 Å². The van der Waals surface area contributed by atoms with Crippen LogP contribution in [-0.4, -0.2) is 41.3 Å². The summed E-state index contributed by atoms with van der Waals surface area (Å²) in [4.78, 5) is 13.0. The van der Waals surface area contributed by atoms with Crippen LogP contribution in [0.4, 0.5) is 5.69 Å². The summed E-state index contributed by atoms with van der Waals surface area (Å²) in [7, 11) is -3.65. The van der Waals surface area contributed by atoms with Gasteiger partial charge in [0.1, 0.15) is 9.77 Å². The topological polar surface area (TPSA) is 92.3 Å². The van der Waals surface area contributed by atoms with E-state index in [-0.39, 0.29) is 10.6 Å². The Balaban J connectivity index is 1.95. The Hall–Kier alpha value is -1.84. The maximum absolute atomic E-state index is 13.0. The van der Waals surface area contributed by atoms with Gasteiger partial charge in [-0.25, -0.2) is 8.42 Å². The number of nitrogens with zero attached hydrogens (tertiary/aromatic N) is 3. The molecule has 0 atom stereocenters. The quantitative estimate of drug-likeness (QED) is 0.880. The molecule has 9 heteroatoms. The third-order valence-corrected chi connectivity index (χ3v) is 6.94. The van der Waals surface area contributed by atoms with Crippen molar-refractivity contribution in [2.45, 2.75) is 38.0 Å². The number of amides is 1. The lowest BCUT2D eigenvalue weighted by Crippen LogP contribution is -2.36. The maximum Gasteiger partial charge on any atom is 0.269 e. The molecule has 134 valence electrons. The number of aryl methyl sites for hydroxylation is 2. The largest absolute Gasteiger partial charge is 0.320 e. The fraction of sp³-hybridized carbons (Fsp3) is 0.438. The van der Waals surface area contributed by atoms with E-state index < -0.39 is 15.9 Å². The summed E-state index contributed by atoms with van der Waals surface area (Å²) in [5, 5.41) is 6.53. The molecule has 2 heterocycles. The number of piperidine rings is 1. The SMILES string of the molecule is Cc1ccc(NC(=O)c2snnc2C)c(S(=O)(=O)N2CCCCC2)c1. The van der Waals surface area contributed by atoms with Gasteiger partial charge in [0.2, 0.25) is 10.0 Å². The Labute approximate surface area is 151 Å². The molecule has 7 nitrogen and oxygen atoms in total. The van der Waals surface area contributed by atoms with E-state index in [4.69, 9.17) is 0 Å². The van der Waals surface area contributed by atoms with Crippen molar-refractivity contribution in [1.82, 2.24) is 13.9 Å². The zero-order valence-electron chi connectivity index (χ0n) is 14.2. The molecule has 1 fully saturated rings. The van der Waals surface area contributed by atoms with Gasteiger partial charge in [-0.15, -0.1) is 5.10 Å². The fourth-order valence-electron chi connectivity index (χ4n) is 2.81. The summed E-state index contributed by atoms with van der Waals surface area (Å²) in [5.41, 5.74) is 1.63. The highest BCUT2D eigenvalue weighted by Crippen LogP contribution is 2.28. The molecule has 1 aromatic carbocycles. The average Bonchev–Trinajstić information content (AvgIpc) is 3.03. The standard InChI is InChI=1S/C16H20N4O3S2/c1-11-6-7-13(17-16(21)15-12(2)18-19-24-15)14(10-11)25(22,23)20-8-4-3-5-9-20/h6-7,10H,3-5,8-9H2,1-2H3,(H,17,21). The molecule has 0 unspecified atom stereocenters. The first kappa shape index (κ1) is 18.0. The summed E-state index contributed by atoms with van der Waals surface area (Å²) in [6.07, 6.45) is 2.76. The molecule has 2 aromatic rings. The van der Waals surface area contributed by atoms with Crippen molar-refractivity contribution < 1.29 is 13.2 Å². The monoisotopic (exact) mass is 380 g/mol. The summed E-state index contributed by atoms with van der Waals surface area (Å²) in [6.45, 7) is 4.56.